The molecule has 7 nitrogen and oxygen atoms in total. The molecule has 2 heterocycles. The van der Waals surface area contributed by atoms with Gasteiger partial charge in [0.1, 0.15) is 5.78 Å². The van der Waals surface area contributed by atoms with E-state index in [1.165, 1.54) is 11.1 Å². The van der Waals surface area contributed by atoms with Gasteiger partial charge in [-0.25, -0.2) is 0 Å². The Bertz CT molecular complexity index is 922. The maximum atomic E-state index is 12.2. The quantitative estimate of drug-likeness (QED) is 0.345. The number of phenols is 1. The van der Waals surface area contributed by atoms with Crippen LogP contribution >= 0.6 is 0 Å². The number of hydrogen-bond acceptors (Lipinski definition) is 7. The van der Waals surface area contributed by atoms with E-state index in [9.17, 15) is 15.0 Å². The highest BCUT2D eigenvalue weighted by Gasteiger charge is 2.24. The van der Waals surface area contributed by atoms with Gasteiger partial charge in [-0.2, -0.15) is 0 Å². The number of rotatable bonds is 16. The number of aryl methyl sites for hydroxylation is 1. The zero-order valence-electron chi connectivity index (χ0n) is 20.5. The fraction of sp³-hybridized carbons (Fsp3) is 0.556. The van der Waals surface area contributed by atoms with Crippen LogP contribution < -0.4 is 4.74 Å². The minimum Gasteiger partial charge on any atom is -0.504 e. The van der Waals surface area contributed by atoms with Crippen LogP contribution in [0.3, 0.4) is 0 Å². The first-order valence-corrected chi connectivity index (χ1v) is 12.4. The Morgan fingerprint density at radius 1 is 1.24 bits per heavy atom. The van der Waals surface area contributed by atoms with E-state index in [-0.39, 0.29) is 18.0 Å². The third kappa shape index (κ3) is 7.71. The molecule has 7 heteroatoms. The third-order valence-corrected chi connectivity index (χ3v) is 6.22. The smallest absolute Gasteiger partial charge is 0.163 e. The average molecular weight is 471 g/mol. The molecule has 2 aliphatic rings. The van der Waals surface area contributed by atoms with Gasteiger partial charge in [-0.05, 0) is 49.0 Å². The number of hydrogen-bond donors (Lipinski definition) is 2. The molecule has 0 bridgehead atoms. The van der Waals surface area contributed by atoms with Gasteiger partial charge in [0, 0.05) is 51.1 Å². The number of unbranched alkanes of at least 4 members (excludes halogenated alkanes) is 2. The number of allylic oxidation sites excluding steroid dienone is 1. The first-order valence-electron chi connectivity index (χ1n) is 12.4. The standard InChI is InChI=1S/C27H38N2O5/c1-3-4-5-8-22(30)15-23(31)11-9-20-10-12-26(32)27(14-20)34-19-29-17-24-21(7-6-13-33-2)16-28-25(24)18-29/h10,12,14,16,18,22,30,32H,3-9,11,13,15,17,19H2,1-2H3. The largest absolute Gasteiger partial charge is 0.504 e. The molecule has 0 spiro atoms. The van der Waals surface area contributed by atoms with Gasteiger partial charge in [0.05, 0.1) is 11.8 Å². The fourth-order valence-corrected chi connectivity index (χ4v) is 4.25. The van der Waals surface area contributed by atoms with Crippen LogP contribution in [0.4, 0.5) is 0 Å². The van der Waals surface area contributed by atoms with Crippen molar-refractivity contribution in [3.63, 3.8) is 0 Å². The van der Waals surface area contributed by atoms with E-state index in [4.69, 9.17) is 9.47 Å². The third-order valence-electron chi connectivity index (χ3n) is 6.22. The molecule has 2 N–H and O–H groups in total. The molecule has 0 amide bonds. The molecule has 1 atom stereocenters. The van der Waals surface area contributed by atoms with Gasteiger partial charge in [0.15, 0.2) is 18.2 Å². The molecule has 0 fully saturated rings. The number of aliphatic hydroxyl groups excluding tert-OH is 1. The SMILES string of the molecule is CCCCCC(O)CC(=O)CCc1ccc(O)c(OCN2C=C3N=CC(CCCOC)=C3C2)c1. The second-order valence-corrected chi connectivity index (χ2v) is 9.09. The van der Waals surface area contributed by atoms with E-state index in [1.54, 1.807) is 25.3 Å². The average Bonchev–Trinajstić information content (AvgIpc) is 3.39. The molecular weight excluding hydrogens is 432 g/mol. The van der Waals surface area contributed by atoms with Crippen LogP contribution in [-0.4, -0.2) is 60.2 Å². The molecule has 1 unspecified atom stereocenters. The van der Waals surface area contributed by atoms with Crippen LogP contribution in [0.2, 0.25) is 0 Å². The van der Waals surface area contributed by atoms with Crippen molar-refractivity contribution in [2.45, 2.75) is 70.8 Å². The van der Waals surface area contributed by atoms with Crippen molar-refractivity contribution in [3.05, 3.63) is 46.8 Å². The molecule has 3 rings (SSSR count). The van der Waals surface area contributed by atoms with Crippen LogP contribution in [0.25, 0.3) is 0 Å². The van der Waals surface area contributed by atoms with Gasteiger partial charge in [-0.1, -0.05) is 32.3 Å². The van der Waals surface area contributed by atoms with Crippen molar-refractivity contribution in [1.82, 2.24) is 4.90 Å². The van der Waals surface area contributed by atoms with Crippen molar-refractivity contribution in [2.75, 3.05) is 27.0 Å². The number of carbonyl (C=O) groups excluding carboxylic acids is 1. The summed E-state index contributed by atoms with van der Waals surface area (Å²) < 4.78 is 11.0. The molecule has 186 valence electrons. The number of methoxy groups -OCH3 is 1. The summed E-state index contributed by atoms with van der Waals surface area (Å²) in [4.78, 5) is 18.8. The first-order chi connectivity index (χ1) is 16.5. The summed E-state index contributed by atoms with van der Waals surface area (Å²) in [5, 5.41) is 20.3. The number of aliphatic hydroxyl groups is 1. The predicted molar refractivity (Wildman–Crippen MR) is 133 cm³/mol. The van der Waals surface area contributed by atoms with Crippen molar-refractivity contribution < 1.29 is 24.5 Å². The number of Topliss-reactive ketones (excluding diaryl/α,β-unsaturated/α-hetero) is 1. The minimum absolute atomic E-state index is 0.0601. The van der Waals surface area contributed by atoms with E-state index < -0.39 is 6.10 Å². The highest BCUT2D eigenvalue weighted by molar-refractivity contribution is 5.87. The number of nitrogens with zero attached hydrogens (tertiary/aromatic N) is 2. The summed E-state index contributed by atoms with van der Waals surface area (Å²) in [5.41, 5.74) is 4.37. The molecule has 1 aromatic carbocycles. The van der Waals surface area contributed by atoms with Crippen molar-refractivity contribution in [3.8, 4) is 11.5 Å². The Morgan fingerprint density at radius 2 is 2.09 bits per heavy atom. The zero-order valence-corrected chi connectivity index (χ0v) is 20.5. The number of benzene rings is 1. The van der Waals surface area contributed by atoms with Crippen molar-refractivity contribution in [1.29, 1.82) is 0 Å². The van der Waals surface area contributed by atoms with Gasteiger partial charge in [-0.15, -0.1) is 0 Å². The fourth-order valence-electron chi connectivity index (χ4n) is 4.25. The van der Waals surface area contributed by atoms with Crippen molar-refractivity contribution in [2.24, 2.45) is 4.99 Å². The predicted octanol–water partition coefficient (Wildman–Crippen LogP) is 4.53. The lowest BCUT2D eigenvalue weighted by Gasteiger charge is -2.18. The number of ketones is 1. The summed E-state index contributed by atoms with van der Waals surface area (Å²) in [6.45, 7) is 3.88. The van der Waals surface area contributed by atoms with Crippen LogP contribution in [0.1, 0.15) is 63.9 Å². The molecule has 1 aromatic rings. The van der Waals surface area contributed by atoms with Crippen LogP contribution in [0.15, 0.2) is 46.2 Å². The van der Waals surface area contributed by atoms with E-state index >= 15 is 0 Å². The number of phenolic OH excluding ortho intramolecular Hbond substituents is 1. The van der Waals surface area contributed by atoms with E-state index in [2.05, 4.69) is 11.9 Å². The monoisotopic (exact) mass is 470 g/mol. The van der Waals surface area contributed by atoms with Crippen LogP contribution in [0, 0.1) is 0 Å². The lowest BCUT2D eigenvalue weighted by atomic mass is 10.0. The highest BCUT2D eigenvalue weighted by Crippen LogP contribution is 2.32. The second-order valence-electron chi connectivity index (χ2n) is 9.09. The van der Waals surface area contributed by atoms with Gasteiger partial charge in [-0.3, -0.25) is 9.79 Å². The van der Waals surface area contributed by atoms with E-state index in [1.807, 2.05) is 17.3 Å². The Labute approximate surface area is 202 Å². The number of aliphatic imine (C=N–C) groups is 1. The Hall–Kier alpha value is -2.64. The normalized spacial score (nSPS) is 15.6. The molecule has 0 saturated heterocycles. The summed E-state index contributed by atoms with van der Waals surface area (Å²) in [6, 6.07) is 5.20. The number of ether oxygens (including phenoxy) is 2. The summed E-state index contributed by atoms with van der Waals surface area (Å²) in [6.07, 6.45) is 10.2. The summed E-state index contributed by atoms with van der Waals surface area (Å²) in [7, 11) is 1.71. The lowest BCUT2D eigenvalue weighted by molar-refractivity contribution is -0.121. The molecule has 0 radical (unpaired) electrons. The van der Waals surface area contributed by atoms with Gasteiger partial charge in [0.2, 0.25) is 0 Å². The topological polar surface area (TPSA) is 91.6 Å². The molecule has 0 saturated carbocycles. The van der Waals surface area contributed by atoms with Gasteiger partial charge in [0.25, 0.3) is 0 Å². The van der Waals surface area contributed by atoms with Crippen molar-refractivity contribution >= 4 is 12.0 Å². The number of carbonyl (C=O) groups is 1. The zero-order chi connectivity index (χ0) is 24.3. The minimum atomic E-state index is -0.549. The molecule has 2 aliphatic heterocycles. The molecule has 34 heavy (non-hydrogen) atoms. The van der Waals surface area contributed by atoms with Crippen LogP contribution in [0.5, 0.6) is 11.5 Å². The molecule has 0 aliphatic carbocycles. The molecular formula is C27H38N2O5. The number of fused-ring (bicyclic) bond motifs is 1. The van der Waals surface area contributed by atoms with E-state index in [0.29, 0.717) is 31.7 Å². The first kappa shape index (κ1) is 26.0. The number of aromatic hydroxyl groups is 1. The Kier molecular flexibility index (Phi) is 10.2. The maximum Gasteiger partial charge on any atom is 0.163 e. The summed E-state index contributed by atoms with van der Waals surface area (Å²) in [5.74, 6) is 0.536. The lowest BCUT2D eigenvalue weighted by Crippen LogP contribution is -2.21. The Morgan fingerprint density at radius 3 is 2.88 bits per heavy atom. The maximum absolute atomic E-state index is 12.2. The second kappa shape index (κ2) is 13.3. The van der Waals surface area contributed by atoms with Gasteiger partial charge < -0.3 is 24.6 Å². The summed E-state index contributed by atoms with van der Waals surface area (Å²) >= 11 is 0. The highest BCUT2D eigenvalue weighted by atomic mass is 16.5. The van der Waals surface area contributed by atoms with Crippen LogP contribution in [-0.2, 0) is 16.0 Å². The molecule has 0 aromatic heterocycles. The Balaban J connectivity index is 1.46. The van der Waals surface area contributed by atoms with E-state index in [0.717, 1.165) is 56.5 Å². The van der Waals surface area contributed by atoms with Gasteiger partial charge >= 0.3 is 0 Å².